The molecule has 0 aliphatic heterocycles. The minimum atomic E-state index is -0.0763. The van der Waals surface area contributed by atoms with E-state index in [1.165, 1.54) is 0 Å². The largest absolute Gasteiger partial charge is 0.494 e. The highest BCUT2D eigenvalue weighted by atomic mass is 33.1. The molecule has 0 aliphatic carbocycles. The number of benzene rings is 1. The zero-order chi connectivity index (χ0) is 21.0. The fourth-order valence-corrected chi connectivity index (χ4v) is 4.64. The van der Waals surface area contributed by atoms with E-state index in [2.05, 4.69) is 29.7 Å². The van der Waals surface area contributed by atoms with Crippen LogP contribution in [0, 0.1) is 0 Å². The van der Waals surface area contributed by atoms with Crippen LogP contribution in [0.5, 0.6) is 5.75 Å². The lowest BCUT2D eigenvalue weighted by molar-refractivity contribution is -0.121. The Labute approximate surface area is 176 Å². The van der Waals surface area contributed by atoms with E-state index in [1.807, 2.05) is 37.4 Å². The van der Waals surface area contributed by atoms with Crippen LogP contribution in [-0.4, -0.2) is 48.6 Å². The molecule has 8 heteroatoms. The van der Waals surface area contributed by atoms with Crippen LogP contribution in [0.2, 0.25) is 0 Å². The van der Waals surface area contributed by atoms with Crippen molar-refractivity contribution in [2.45, 2.75) is 44.8 Å². The maximum atomic E-state index is 12.1. The number of hydrogen-bond donors (Lipinski definition) is 2. The number of ketones is 1. The molecule has 1 amide bonds. The lowest BCUT2D eigenvalue weighted by Crippen LogP contribution is -2.26. The number of Topliss-reactive ketones (excluding diaryl/α,β-unsaturated/α-hetero) is 1. The Morgan fingerprint density at radius 3 is 2.50 bits per heavy atom. The summed E-state index contributed by atoms with van der Waals surface area (Å²) in [5.41, 5.74) is 4.63. The summed E-state index contributed by atoms with van der Waals surface area (Å²) in [7, 11) is 5.01. The van der Waals surface area contributed by atoms with Gasteiger partial charge in [-0.2, -0.15) is 5.10 Å². The minimum Gasteiger partial charge on any atom is -0.494 e. The van der Waals surface area contributed by atoms with E-state index in [1.54, 1.807) is 28.6 Å². The first-order valence-electron chi connectivity index (χ1n) is 9.22. The van der Waals surface area contributed by atoms with Crippen molar-refractivity contribution < 1.29 is 14.3 Å². The Morgan fingerprint density at radius 1 is 1.21 bits per heavy atom. The van der Waals surface area contributed by atoms with Gasteiger partial charge in [-0.25, -0.2) is 0 Å². The van der Waals surface area contributed by atoms with Crippen LogP contribution in [0.25, 0.3) is 0 Å². The highest BCUT2D eigenvalue weighted by molar-refractivity contribution is 8.76. The maximum Gasteiger partial charge on any atom is 0.219 e. The zero-order valence-electron chi connectivity index (χ0n) is 17.3. The van der Waals surface area contributed by atoms with Crippen LogP contribution in [0.3, 0.4) is 0 Å². The molecule has 1 rings (SSSR count). The van der Waals surface area contributed by atoms with E-state index in [9.17, 15) is 9.59 Å². The lowest BCUT2D eigenvalue weighted by Gasteiger charge is -2.21. The van der Waals surface area contributed by atoms with Gasteiger partial charge in [0, 0.05) is 24.6 Å². The molecule has 0 unspecified atom stereocenters. The molecular formula is C20H31N3O3S2. The number of carbonyl (C=O) groups excluding carboxylic acids is 2. The van der Waals surface area contributed by atoms with Crippen molar-refractivity contribution in [2.75, 3.05) is 26.5 Å². The predicted molar refractivity (Wildman–Crippen MR) is 120 cm³/mol. The topological polar surface area (TPSA) is 79.8 Å². The third-order valence-electron chi connectivity index (χ3n) is 3.82. The van der Waals surface area contributed by atoms with Gasteiger partial charge >= 0.3 is 0 Å². The summed E-state index contributed by atoms with van der Waals surface area (Å²) in [5.74, 6) is 0.914. The van der Waals surface area contributed by atoms with Crippen molar-refractivity contribution in [1.82, 2.24) is 10.7 Å². The molecule has 0 aromatic heterocycles. The average Bonchev–Trinajstić information content (AvgIpc) is 2.64. The molecule has 0 aliphatic rings. The smallest absolute Gasteiger partial charge is 0.219 e. The molecule has 0 fully saturated rings. The molecule has 1 aromatic rings. The summed E-state index contributed by atoms with van der Waals surface area (Å²) in [5, 5.41) is 6.88. The van der Waals surface area contributed by atoms with E-state index in [-0.39, 0.29) is 23.0 Å². The summed E-state index contributed by atoms with van der Waals surface area (Å²) in [4.78, 5) is 23.2. The Morgan fingerprint density at radius 2 is 1.89 bits per heavy atom. The second kappa shape index (κ2) is 12.7. The zero-order valence-corrected chi connectivity index (χ0v) is 19.0. The highest BCUT2D eigenvalue weighted by Gasteiger charge is 2.22. The van der Waals surface area contributed by atoms with Gasteiger partial charge in [0.2, 0.25) is 5.91 Å². The lowest BCUT2D eigenvalue weighted by atomic mass is 10.1. The van der Waals surface area contributed by atoms with E-state index < -0.39 is 0 Å². The van der Waals surface area contributed by atoms with Crippen LogP contribution in [0.15, 0.2) is 29.4 Å². The SMILES string of the molecule is CNC(=O)CCCOc1ccc(/C(C)=N/NCC(=O)CC(C)(C)SSC)cc1. The molecule has 0 radical (unpaired) electrons. The first-order valence-corrected chi connectivity index (χ1v) is 11.8. The Bertz CT molecular complexity index is 661. The van der Waals surface area contributed by atoms with Crippen molar-refractivity contribution in [3.05, 3.63) is 29.8 Å². The molecule has 0 bridgehead atoms. The van der Waals surface area contributed by atoms with Crippen molar-refractivity contribution >= 4 is 39.0 Å². The van der Waals surface area contributed by atoms with E-state index in [0.29, 0.717) is 25.9 Å². The molecule has 0 heterocycles. The Kier molecular flexibility index (Phi) is 11.1. The van der Waals surface area contributed by atoms with Crippen LogP contribution in [0.1, 0.15) is 45.6 Å². The van der Waals surface area contributed by atoms with E-state index in [0.717, 1.165) is 17.0 Å². The van der Waals surface area contributed by atoms with Crippen LogP contribution in [0.4, 0.5) is 0 Å². The second-order valence-corrected chi connectivity index (χ2v) is 10.0. The van der Waals surface area contributed by atoms with Crippen LogP contribution >= 0.6 is 21.6 Å². The summed E-state index contributed by atoms with van der Waals surface area (Å²) < 4.78 is 5.55. The predicted octanol–water partition coefficient (Wildman–Crippen LogP) is 3.65. The third-order valence-corrected chi connectivity index (χ3v) is 6.44. The molecule has 156 valence electrons. The summed E-state index contributed by atoms with van der Waals surface area (Å²) in [6.45, 7) is 6.76. The number of ether oxygens (including phenoxy) is 1. The van der Waals surface area contributed by atoms with Crippen molar-refractivity contribution in [1.29, 1.82) is 0 Å². The number of hydrazone groups is 1. The standard InChI is InChI=1S/C20H31N3O3S2/c1-15(23-22-14-17(24)13-20(2,3)28-27-5)16-8-10-18(11-9-16)26-12-6-7-19(25)21-4/h8-11,22H,6-7,12-14H2,1-5H3,(H,21,25)/b23-15+. The van der Waals surface area contributed by atoms with Gasteiger partial charge in [-0.1, -0.05) is 21.6 Å². The van der Waals surface area contributed by atoms with Gasteiger partial charge < -0.3 is 15.5 Å². The van der Waals surface area contributed by atoms with Gasteiger partial charge in [-0.3, -0.25) is 9.59 Å². The van der Waals surface area contributed by atoms with Crippen molar-refractivity contribution in [2.24, 2.45) is 5.10 Å². The number of carbonyl (C=O) groups is 2. The molecule has 0 atom stereocenters. The van der Waals surface area contributed by atoms with Crippen LogP contribution < -0.4 is 15.5 Å². The molecular weight excluding hydrogens is 394 g/mol. The summed E-state index contributed by atoms with van der Waals surface area (Å²) in [6, 6.07) is 7.60. The molecule has 0 spiro atoms. The number of hydrogen-bond acceptors (Lipinski definition) is 7. The number of amides is 1. The van der Waals surface area contributed by atoms with Gasteiger partial charge in [0.25, 0.3) is 0 Å². The first-order chi connectivity index (χ1) is 13.3. The van der Waals surface area contributed by atoms with Gasteiger partial charge in [0.1, 0.15) is 5.75 Å². The molecule has 6 nitrogen and oxygen atoms in total. The maximum absolute atomic E-state index is 12.1. The Balaban J connectivity index is 2.42. The van der Waals surface area contributed by atoms with E-state index >= 15 is 0 Å². The molecule has 0 saturated heterocycles. The third kappa shape index (κ3) is 10.0. The first kappa shape index (κ1) is 24.4. The molecule has 2 N–H and O–H groups in total. The molecule has 1 aromatic carbocycles. The Hall–Kier alpha value is -1.67. The second-order valence-electron chi connectivity index (χ2n) is 6.91. The quantitative estimate of drug-likeness (QED) is 0.217. The van der Waals surface area contributed by atoms with Crippen molar-refractivity contribution in [3.8, 4) is 5.75 Å². The van der Waals surface area contributed by atoms with Gasteiger partial charge in [-0.15, -0.1) is 0 Å². The van der Waals surface area contributed by atoms with Gasteiger partial charge in [-0.05, 0) is 63.3 Å². The average molecular weight is 426 g/mol. The van der Waals surface area contributed by atoms with Crippen molar-refractivity contribution in [3.63, 3.8) is 0 Å². The number of rotatable bonds is 13. The molecule has 0 saturated carbocycles. The van der Waals surface area contributed by atoms with Crippen LogP contribution in [-0.2, 0) is 9.59 Å². The summed E-state index contributed by atoms with van der Waals surface area (Å²) in [6.07, 6.45) is 3.65. The number of nitrogens with one attached hydrogen (secondary N) is 2. The van der Waals surface area contributed by atoms with Gasteiger partial charge in [0.15, 0.2) is 5.78 Å². The van der Waals surface area contributed by atoms with Gasteiger partial charge in [0.05, 0.1) is 18.9 Å². The highest BCUT2D eigenvalue weighted by Crippen LogP contribution is 2.36. The fourth-order valence-electron chi connectivity index (χ4n) is 2.44. The minimum absolute atomic E-state index is 0.0170. The normalized spacial score (nSPS) is 11.8. The monoisotopic (exact) mass is 425 g/mol. The summed E-state index contributed by atoms with van der Waals surface area (Å²) >= 11 is 0. The molecule has 28 heavy (non-hydrogen) atoms. The van der Waals surface area contributed by atoms with E-state index in [4.69, 9.17) is 4.74 Å². The number of nitrogens with zero attached hydrogens (tertiary/aromatic N) is 1. The fraction of sp³-hybridized carbons (Fsp3) is 0.550.